The van der Waals surface area contributed by atoms with Gasteiger partial charge in [0.1, 0.15) is 6.04 Å². The minimum atomic E-state index is 0.0330. The van der Waals surface area contributed by atoms with Crippen molar-refractivity contribution in [3.8, 4) is 0 Å². The maximum Gasteiger partial charge on any atom is 0.279 e. The largest absolute Gasteiger partial charge is 0.321 e. The molecule has 0 aliphatic carbocycles. The Morgan fingerprint density at radius 1 is 1.27 bits per heavy atom. The van der Waals surface area contributed by atoms with Crippen molar-refractivity contribution in [3.63, 3.8) is 0 Å². The lowest BCUT2D eigenvalue weighted by Crippen LogP contribution is -3.14. The predicted molar refractivity (Wildman–Crippen MR) is 110 cm³/mol. The zero-order valence-electron chi connectivity index (χ0n) is 14.4. The summed E-state index contributed by atoms with van der Waals surface area (Å²) in [4.78, 5) is 16.8. The number of rotatable bonds is 4. The van der Waals surface area contributed by atoms with Crippen LogP contribution in [0.3, 0.4) is 0 Å². The van der Waals surface area contributed by atoms with Gasteiger partial charge >= 0.3 is 0 Å². The van der Waals surface area contributed by atoms with Gasteiger partial charge in [-0.05, 0) is 47.5 Å². The molecule has 0 spiro atoms. The van der Waals surface area contributed by atoms with E-state index < -0.39 is 0 Å². The average Bonchev–Trinajstić information content (AvgIpc) is 3.29. The predicted octanol–water partition coefficient (Wildman–Crippen LogP) is 3.94. The van der Waals surface area contributed by atoms with Crippen molar-refractivity contribution in [2.24, 2.45) is 0 Å². The van der Waals surface area contributed by atoms with Gasteiger partial charge in [0.25, 0.3) is 5.91 Å². The Hall–Kier alpha value is -1.66. The van der Waals surface area contributed by atoms with Gasteiger partial charge in [-0.2, -0.15) is 0 Å². The van der Waals surface area contributed by atoms with Gasteiger partial charge < -0.3 is 10.2 Å². The normalized spacial score (nSPS) is 19.2. The summed E-state index contributed by atoms with van der Waals surface area (Å²) >= 11 is 9.67. The van der Waals surface area contributed by atoms with Crippen LogP contribution in [0.5, 0.6) is 0 Å². The lowest BCUT2D eigenvalue weighted by Gasteiger charge is -2.31. The number of carbonyl (C=O) groups excluding carboxylic acids is 1. The van der Waals surface area contributed by atoms with Crippen molar-refractivity contribution in [2.75, 3.05) is 18.4 Å². The van der Waals surface area contributed by atoms with Crippen LogP contribution in [0.1, 0.15) is 26.9 Å². The Morgan fingerprint density at radius 2 is 2.15 bits per heavy atom. The molecule has 3 nitrogen and oxygen atoms in total. The minimum absolute atomic E-state index is 0.0330. The number of anilines is 1. The zero-order valence-corrected chi connectivity index (χ0v) is 16.8. The van der Waals surface area contributed by atoms with Crippen LogP contribution in [0.4, 0.5) is 5.69 Å². The number of nitrogens with one attached hydrogen (secondary N) is 2. The molecule has 134 valence electrons. The van der Waals surface area contributed by atoms with E-state index in [4.69, 9.17) is 11.6 Å². The number of fused-ring (bicyclic) bond motifs is 1. The Morgan fingerprint density at radius 3 is 2.96 bits per heavy atom. The van der Waals surface area contributed by atoms with Crippen molar-refractivity contribution in [3.05, 3.63) is 73.1 Å². The molecule has 1 unspecified atom stereocenters. The van der Waals surface area contributed by atoms with E-state index in [0.717, 1.165) is 24.2 Å². The standard InChI is InChI=1S/C20H19ClN2OS2/c1-13-4-5-14(21)11-16(13)22-19(24)12-23-8-6-17-15(7-10-26-17)20(23)18-3-2-9-25-18/h2-5,7,9-11,20H,6,8,12H2,1H3,(H,22,24)/p+1/t20-/m0/s1. The first-order valence-corrected chi connectivity index (χ1v) is 10.8. The van der Waals surface area contributed by atoms with E-state index in [1.807, 2.05) is 36.5 Å². The van der Waals surface area contributed by atoms with Gasteiger partial charge in [0.2, 0.25) is 0 Å². The number of quaternary nitrogens is 1. The van der Waals surface area contributed by atoms with E-state index in [1.165, 1.54) is 20.2 Å². The summed E-state index contributed by atoms with van der Waals surface area (Å²) in [6.07, 6.45) is 1.04. The Labute approximate surface area is 166 Å². The van der Waals surface area contributed by atoms with E-state index in [1.54, 1.807) is 11.3 Å². The highest BCUT2D eigenvalue weighted by molar-refractivity contribution is 7.10. The SMILES string of the molecule is Cc1ccc(Cl)cc1NC(=O)C[NH+]1CCc2sccc2[C@H]1c1cccs1. The van der Waals surface area contributed by atoms with Gasteiger partial charge in [-0.25, -0.2) is 0 Å². The molecule has 1 amide bonds. The van der Waals surface area contributed by atoms with Crippen LogP contribution in [-0.2, 0) is 11.2 Å². The van der Waals surface area contributed by atoms with E-state index in [9.17, 15) is 4.79 Å². The van der Waals surface area contributed by atoms with Crippen molar-refractivity contribution in [1.82, 2.24) is 0 Å². The highest BCUT2D eigenvalue weighted by Crippen LogP contribution is 2.31. The Balaban J connectivity index is 1.55. The number of amides is 1. The summed E-state index contributed by atoms with van der Waals surface area (Å²) in [6.45, 7) is 3.40. The van der Waals surface area contributed by atoms with Gasteiger partial charge in [0, 0.05) is 27.6 Å². The van der Waals surface area contributed by atoms with Crippen LogP contribution < -0.4 is 10.2 Å². The molecule has 0 fully saturated rings. The topological polar surface area (TPSA) is 33.5 Å². The highest BCUT2D eigenvalue weighted by atomic mass is 35.5. The first-order valence-electron chi connectivity index (χ1n) is 8.62. The summed E-state index contributed by atoms with van der Waals surface area (Å²) in [5.74, 6) is 0.0330. The third-order valence-corrected chi connectivity index (χ3v) is 7.03. The molecule has 1 aliphatic heterocycles. The molecule has 0 radical (unpaired) electrons. The zero-order chi connectivity index (χ0) is 18.1. The number of benzene rings is 1. The monoisotopic (exact) mass is 403 g/mol. The molecule has 3 heterocycles. The molecule has 3 aromatic rings. The van der Waals surface area contributed by atoms with E-state index in [0.29, 0.717) is 11.6 Å². The molecule has 2 atom stereocenters. The maximum atomic E-state index is 12.7. The minimum Gasteiger partial charge on any atom is -0.321 e. The maximum absolute atomic E-state index is 12.7. The van der Waals surface area contributed by atoms with Crippen LogP contribution in [-0.4, -0.2) is 19.0 Å². The molecule has 4 rings (SSSR count). The summed E-state index contributed by atoms with van der Waals surface area (Å²) in [5.41, 5.74) is 3.19. The van der Waals surface area contributed by atoms with E-state index in [-0.39, 0.29) is 11.9 Å². The quantitative estimate of drug-likeness (QED) is 0.679. The van der Waals surface area contributed by atoms with Crippen molar-refractivity contribution >= 4 is 45.9 Å². The summed E-state index contributed by atoms with van der Waals surface area (Å²) in [7, 11) is 0. The Kier molecular flexibility index (Phi) is 5.14. The van der Waals surface area contributed by atoms with E-state index in [2.05, 4.69) is 34.3 Å². The molecule has 2 N–H and O–H groups in total. The molecule has 2 aromatic heterocycles. The first-order chi connectivity index (χ1) is 12.6. The molecule has 1 aliphatic rings. The Bertz CT molecular complexity index is 920. The smallest absolute Gasteiger partial charge is 0.279 e. The number of carbonyl (C=O) groups is 1. The van der Waals surface area contributed by atoms with Crippen LogP contribution in [0.2, 0.25) is 5.02 Å². The van der Waals surface area contributed by atoms with Crippen LogP contribution in [0, 0.1) is 6.92 Å². The second-order valence-electron chi connectivity index (χ2n) is 6.59. The summed E-state index contributed by atoms with van der Waals surface area (Å²) < 4.78 is 0. The summed E-state index contributed by atoms with van der Waals surface area (Å²) in [5, 5.41) is 7.96. The number of hydrogen-bond donors (Lipinski definition) is 2. The molecule has 0 bridgehead atoms. The fourth-order valence-electron chi connectivity index (χ4n) is 3.58. The number of hydrogen-bond acceptors (Lipinski definition) is 3. The first kappa shape index (κ1) is 17.7. The third kappa shape index (κ3) is 3.58. The van der Waals surface area contributed by atoms with Crippen LogP contribution in [0.15, 0.2) is 47.2 Å². The van der Waals surface area contributed by atoms with Crippen molar-refractivity contribution < 1.29 is 9.69 Å². The third-order valence-electron chi connectivity index (χ3n) is 4.86. The van der Waals surface area contributed by atoms with Crippen molar-refractivity contribution in [2.45, 2.75) is 19.4 Å². The van der Waals surface area contributed by atoms with Gasteiger partial charge in [-0.1, -0.05) is 23.7 Å². The fourth-order valence-corrected chi connectivity index (χ4v) is 5.57. The highest BCUT2D eigenvalue weighted by Gasteiger charge is 2.35. The lowest BCUT2D eigenvalue weighted by molar-refractivity contribution is -0.919. The number of aryl methyl sites for hydroxylation is 1. The van der Waals surface area contributed by atoms with E-state index >= 15 is 0 Å². The van der Waals surface area contributed by atoms with Crippen LogP contribution >= 0.6 is 34.3 Å². The van der Waals surface area contributed by atoms with Crippen LogP contribution in [0.25, 0.3) is 0 Å². The molecular formula is C20H20ClN2OS2+. The molecule has 0 saturated heterocycles. The van der Waals surface area contributed by atoms with Gasteiger partial charge in [0.15, 0.2) is 6.54 Å². The lowest BCUT2D eigenvalue weighted by atomic mass is 9.98. The molecule has 26 heavy (non-hydrogen) atoms. The number of halogens is 1. The van der Waals surface area contributed by atoms with Gasteiger partial charge in [-0.15, -0.1) is 22.7 Å². The molecule has 1 aromatic carbocycles. The number of thiophene rings is 2. The molecule has 6 heteroatoms. The molecule has 0 saturated carbocycles. The fraction of sp³-hybridized carbons (Fsp3) is 0.250. The van der Waals surface area contributed by atoms with Gasteiger partial charge in [-0.3, -0.25) is 4.79 Å². The molecular weight excluding hydrogens is 384 g/mol. The van der Waals surface area contributed by atoms with Gasteiger partial charge in [0.05, 0.1) is 11.4 Å². The average molecular weight is 404 g/mol. The second kappa shape index (κ2) is 7.53. The van der Waals surface area contributed by atoms with Crippen molar-refractivity contribution in [1.29, 1.82) is 0 Å². The second-order valence-corrected chi connectivity index (χ2v) is 9.01. The summed E-state index contributed by atoms with van der Waals surface area (Å²) in [6, 6.07) is 12.3.